The highest BCUT2D eigenvalue weighted by Gasteiger charge is 2.10. The van der Waals surface area contributed by atoms with Crippen molar-refractivity contribution >= 4 is 17.3 Å². The molecule has 0 N–H and O–H groups in total. The van der Waals surface area contributed by atoms with Crippen LogP contribution in [0, 0.1) is 5.41 Å². The maximum Gasteiger partial charge on any atom is 0.159 e. The maximum absolute atomic E-state index is 4.90. The van der Waals surface area contributed by atoms with Gasteiger partial charge in [-0.15, -0.1) is 0 Å². The zero-order valence-corrected chi connectivity index (χ0v) is 8.05. The highest BCUT2D eigenvalue weighted by Crippen LogP contribution is 2.20. The first kappa shape index (κ1) is 9.89. The van der Waals surface area contributed by atoms with E-state index in [1.165, 1.54) is 0 Å². The monoisotopic (exact) mass is 160 g/mol. The van der Waals surface area contributed by atoms with Crippen LogP contribution in [-0.4, -0.2) is 12.2 Å². The van der Waals surface area contributed by atoms with Crippen LogP contribution in [-0.2, 0) is 4.74 Å². The predicted molar refractivity (Wildman–Crippen MR) is 48.3 cm³/mol. The molecular weight excluding hydrogens is 144 g/mol. The van der Waals surface area contributed by atoms with E-state index >= 15 is 0 Å². The molecule has 0 rings (SSSR count). The van der Waals surface area contributed by atoms with Gasteiger partial charge >= 0.3 is 0 Å². The van der Waals surface area contributed by atoms with Gasteiger partial charge in [0.2, 0.25) is 0 Å². The Labute approximate surface area is 68.8 Å². The standard InChI is InChI=1S/C8H16OS/c1-8(2,3)6-5-7(10)9-4/h5-6H2,1-4H3. The molecule has 0 unspecified atom stereocenters. The van der Waals surface area contributed by atoms with Gasteiger partial charge in [0.05, 0.1) is 7.11 Å². The van der Waals surface area contributed by atoms with Crippen LogP contribution in [0.2, 0.25) is 0 Å². The summed E-state index contributed by atoms with van der Waals surface area (Å²) in [4.78, 5) is 0. The molecule has 10 heavy (non-hydrogen) atoms. The Morgan fingerprint density at radius 3 is 2.20 bits per heavy atom. The largest absolute Gasteiger partial charge is 0.490 e. The molecule has 0 aliphatic rings. The predicted octanol–water partition coefficient (Wildman–Crippen LogP) is 2.79. The zero-order valence-electron chi connectivity index (χ0n) is 7.23. The van der Waals surface area contributed by atoms with Crippen molar-refractivity contribution in [3.05, 3.63) is 0 Å². The molecule has 0 aromatic carbocycles. The number of hydrogen-bond donors (Lipinski definition) is 0. The lowest BCUT2D eigenvalue weighted by Gasteiger charge is -2.17. The van der Waals surface area contributed by atoms with E-state index in [-0.39, 0.29) is 0 Å². The summed E-state index contributed by atoms with van der Waals surface area (Å²) in [7, 11) is 1.63. The van der Waals surface area contributed by atoms with Crippen LogP contribution in [0.1, 0.15) is 33.6 Å². The highest BCUT2D eigenvalue weighted by molar-refractivity contribution is 7.80. The molecule has 0 radical (unpaired) electrons. The van der Waals surface area contributed by atoms with Crippen molar-refractivity contribution in [2.75, 3.05) is 7.11 Å². The van der Waals surface area contributed by atoms with Crippen molar-refractivity contribution in [2.24, 2.45) is 5.41 Å². The molecule has 0 aliphatic heterocycles. The van der Waals surface area contributed by atoms with E-state index in [0.717, 1.165) is 17.9 Å². The lowest BCUT2D eigenvalue weighted by atomic mass is 9.91. The normalized spacial score (nSPS) is 11.2. The molecule has 0 bridgehead atoms. The van der Waals surface area contributed by atoms with Gasteiger partial charge in [0, 0.05) is 6.42 Å². The third-order valence-corrected chi connectivity index (χ3v) is 1.68. The highest BCUT2D eigenvalue weighted by atomic mass is 32.1. The van der Waals surface area contributed by atoms with Crippen molar-refractivity contribution in [2.45, 2.75) is 33.6 Å². The molecule has 0 fully saturated rings. The van der Waals surface area contributed by atoms with Crippen molar-refractivity contribution in [1.29, 1.82) is 0 Å². The summed E-state index contributed by atoms with van der Waals surface area (Å²) in [5.41, 5.74) is 0.364. The van der Waals surface area contributed by atoms with Crippen LogP contribution in [0.4, 0.5) is 0 Å². The zero-order chi connectivity index (χ0) is 8.20. The van der Waals surface area contributed by atoms with E-state index < -0.39 is 0 Å². The van der Waals surface area contributed by atoms with E-state index in [1.807, 2.05) is 0 Å². The molecule has 0 atom stereocenters. The number of rotatable bonds is 2. The molecule has 0 aromatic rings. The van der Waals surface area contributed by atoms with Crippen LogP contribution in [0.3, 0.4) is 0 Å². The van der Waals surface area contributed by atoms with Gasteiger partial charge < -0.3 is 4.74 Å². The lowest BCUT2D eigenvalue weighted by Crippen LogP contribution is -2.08. The van der Waals surface area contributed by atoms with E-state index in [4.69, 9.17) is 17.0 Å². The summed E-state index contributed by atoms with van der Waals surface area (Å²) in [6.07, 6.45) is 2.00. The molecule has 60 valence electrons. The van der Waals surface area contributed by atoms with Gasteiger partial charge in [-0.1, -0.05) is 20.8 Å². The van der Waals surface area contributed by atoms with E-state index in [1.54, 1.807) is 7.11 Å². The van der Waals surface area contributed by atoms with Crippen LogP contribution in [0.5, 0.6) is 0 Å². The fraction of sp³-hybridized carbons (Fsp3) is 0.875. The Morgan fingerprint density at radius 2 is 1.90 bits per heavy atom. The third-order valence-electron chi connectivity index (χ3n) is 1.31. The first-order valence-corrected chi connectivity index (χ1v) is 3.93. The molecular formula is C8H16OS. The second-order valence-electron chi connectivity index (χ2n) is 3.64. The minimum absolute atomic E-state index is 0.364. The van der Waals surface area contributed by atoms with Gasteiger partial charge in [-0.25, -0.2) is 0 Å². The first-order valence-electron chi connectivity index (χ1n) is 3.52. The van der Waals surface area contributed by atoms with Gasteiger partial charge in [0.25, 0.3) is 0 Å². The number of hydrogen-bond acceptors (Lipinski definition) is 2. The summed E-state index contributed by atoms with van der Waals surface area (Å²) in [6.45, 7) is 6.60. The summed E-state index contributed by atoms with van der Waals surface area (Å²) < 4.78 is 4.88. The van der Waals surface area contributed by atoms with Gasteiger partial charge in [-0.2, -0.15) is 0 Å². The summed E-state index contributed by atoms with van der Waals surface area (Å²) in [6, 6.07) is 0. The fourth-order valence-electron chi connectivity index (χ4n) is 0.579. The Bertz CT molecular complexity index is 113. The Kier molecular flexibility index (Phi) is 3.87. The van der Waals surface area contributed by atoms with Crippen LogP contribution >= 0.6 is 12.2 Å². The second-order valence-corrected chi connectivity index (χ2v) is 4.09. The summed E-state index contributed by atoms with van der Waals surface area (Å²) in [5, 5.41) is 0.718. The molecule has 0 amide bonds. The first-order chi connectivity index (χ1) is 4.45. The van der Waals surface area contributed by atoms with Crippen molar-refractivity contribution in [3.8, 4) is 0 Å². The minimum atomic E-state index is 0.364. The Morgan fingerprint density at radius 1 is 1.40 bits per heavy atom. The van der Waals surface area contributed by atoms with E-state index in [0.29, 0.717) is 5.41 Å². The smallest absolute Gasteiger partial charge is 0.159 e. The summed E-state index contributed by atoms with van der Waals surface area (Å²) in [5.74, 6) is 0. The van der Waals surface area contributed by atoms with Gasteiger partial charge in [0.1, 0.15) is 0 Å². The average molecular weight is 160 g/mol. The molecule has 0 saturated carbocycles. The van der Waals surface area contributed by atoms with E-state index in [2.05, 4.69) is 20.8 Å². The average Bonchev–Trinajstić information content (AvgIpc) is 1.81. The second kappa shape index (κ2) is 3.91. The van der Waals surface area contributed by atoms with Crippen LogP contribution < -0.4 is 0 Å². The molecule has 0 spiro atoms. The minimum Gasteiger partial charge on any atom is -0.490 e. The molecule has 0 aromatic heterocycles. The third kappa shape index (κ3) is 6.02. The number of methoxy groups -OCH3 is 1. The quantitative estimate of drug-likeness (QED) is 0.574. The SMILES string of the molecule is COC(=S)CCC(C)(C)C. The van der Waals surface area contributed by atoms with Gasteiger partial charge in [0.15, 0.2) is 5.05 Å². The molecule has 0 saturated heterocycles. The lowest BCUT2D eigenvalue weighted by molar-refractivity contribution is 0.353. The van der Waals surface area contributed by atoms with Crippen LogP contribution in [0.15, 0.2) is 0 Å². The topological polar surface area (TPSA) is 9.23 Å². The molecule has 0 heterocycles. The van der Waals surface area contributed by atoms with Gasteiger partial charge in [-0.05, 0) is 24.1 Å². The van der Waals surface area contributed by atoms with E-state index in [9.17, 15) is 0 Å². The summed E-state index contributed by atoms with van der Waals surface area (Å²) >= 11 is 4.90. The van der Waals surface area contributed by atoms with Crippen molar-refractivity contribution in [3.63, 3.8) is 0 Å². The molecule has 1 nitrogen and oxygen atoms in total. The van der Waals surface area contributed by atoms with Crippen molar-refractivity contribution < 1.29 is 4.74 Å². The van der Waals surface area contributed by atoms with Gasteiger partial charge in [-0.3, -0.25) is 0 Å². The Hall–Kier alpha value is -0.110. The Balaban J connectivity index is 3.46. The van der Waals surface area contributed by atoms with Crippen LogP contribution in [0.25, 0.3) is 0 Å². The number of thiocarbonyl (C=S) groups is 1. The molecule has 0 aliphatic carbocycles. The fourth-order valence-corrected chi connectivity index (χ4v) is 0.681. The number of ether oxygens (including phenoxy) is 1. The maximum atomic E-state index is 4.90. The molecule has 2 heteroatoms. The van der Waals surface area contributed by atoms with Crippen molar-refractivity contribution in [1.82, 2.24) is 0 Å².